The van der Waals surface area contributed by atoms with Gasteiger partial charge in [0, 0.05) is 18.2 Å². The monoisotopic (exact) mass is 387 g/mol. The Bertz CT molecular complexity index is 820. The van der Waals surface area contributed by atoms with E-state index in [9.17, 15) is 9.18 Å². The Morgan fingerprint density at radius 1 is 1.30 bits per heavy atom. The lowest BCUT2D eigenvalue weighted by atomic mass is 9.83. The van der Waals surface area contributed by atoms with Crippen molar-refractivity contribution < 1.29 is 9.18 Å². The summed E-state index contributed by atoms with van der Waals surface area (Å²) in [5.41, 5.74) is 1.42. The second-order valence-corrected chi connectivity index (χ2v) is 8.65. The molecule has 2 atom stereocenters. The highest BCUT2D eigenvalue weighted by Gasteiger charge is 2.33. The first-order valence-corrected chi connectivity index (χ1v) is 10.7. The molecule has 1 aromatic carbocycles. The number of hydrogen-bond donors (Lipinski definition) is 1. The predicted octanol–water partition coefficient (Wildman–Crippen LogP) is 4.25. The first-order valence-electron chi connectivity index (χ1n) is 9.87. The van der Waals surface area contributed by atoms with Crippen LogP contribution in [0.15, 0.2) is 24.3 Å². The quantitative estimate of drug-likeness (QED) is 0.853. The average molecular weight is 388 g/mol. The fraction of sp³-hybridized carbons (Fsp3) is 0.524. The van der Waals surface area contributed by atoms with Crippen LogP contribution in [0.5, 0.6) is 0 Å². The van der Waals surface area contributed by atoms with E-state index in [4.69, 9.17) is 0 Å². The summed E-state index contributed by atoms with van der Waals surface area (Å²) in [6, 6.07) is 6.98. The van der Waals surface area contributed by atoms with Gasteiger partial charge in [-0.15, -0.1) is 11.3 Å². The summed E-state index contributed by atoms with van der Waals surface area (Å²) in [6.45, 7) is 4.99. The number of rotatable bonds is 4. The number of nitrogens with one attached hydrogen (secondary N) is 1. The molecule has 0 radical (unpaired) electrons. The van der Waals surface area contributed by atoms with Crippen LogP contribution in [0.3, 0.4) is 0 Å². The van der Waals surface area contributed by atoms with E-state index >= 15 is 0 Å². The van der Waals surface area contributed by atoms with Gasteiger partial charge >= 0.3 is 0 Å². The average Bonchev–Trinajstić information content (AvgIpc) is 3.08. The number of hydrogen-bond acceptors (Lipinski definition) is 4. The van der Waals surface area contributed by atoms with E-state index in [1.54, 1.807) is 6.07 Å². The number of carbonyl (C=O) groups is 1. The van der Waals surface area contributed by atoms with Crippen LogP contribution in [0.25, 0.3) is 10.6 Å². The molecule has 0 saturated carbocycles. The molecule has 1 amide bonds. The standard InChI is InChI=1S/C21H26FN3OS/c1-14-19(27-21(24-14)15-6-4-8-17(22)12-15)20(26)23-13-16-7-5-11-25-10-3-2-9-18(16)25/h4,6,8,12,16,18H,2-3,5,7,9-11,13H2,1H3,(H,23,26)/t16-,18-/m1/s1. The SMILES string of the molecule is Cc1nc(-c2cccc(F)c2)sc1C(=O)NC[C@H]1CCCN2CCCC[C@H]12. The molecule has 0 spiro atoms. The maximum atomic E-state index is 13.5. The van der Waals surface area contributed by atoms with Crippen molar-refractivity contribution in [3.8, 4) is 10.6 Å². The maximum absolute atomic E-state index is 13.5. The Balaban J connectivity index is 1.42. The minimum absolute atomic E-state index is 0.0550. The minimum Gasteiger partial charge on any atom is -0.351 e. The fourth-order valence-corrected chi connectivity index (χ4v) is 5.45. The molecular weight excluding hydrogens is 361 g/mol. The van der Waals surface area contributed by atoms with Crippen molar-refractivity contribution >= 4 is 17.2 Å². The lowest BCUT2D eigenvalue weighted by Crippen LogP contribution is -2.50. The third kappa shape index (κ3) is 4.06. The van der Waals surface area contributed by atoms with Gasteiger partial charge in [0.15, 0.2) is 0 Å². The molecule has 2 saturated heterocycles. The fourth-order valence-electron chi connectivity index (χ4n) is 4.47. The van der Waals surface area contributed by atoms with Gasteiger partial charge in [0.25, 0.3) is 5.91 Å². The molecule has 2 aromatic rings. The first-order chi connectivity index (χ1) is 13.1. The van der Waals surface area contributed by atoms with E-state index in [-0.39, 0.29) is 11.7 Å². The van der Waals surface area contributed by atoms with Crippen molar-refractivity contribution in [2.24, 2.45) is 5.92 Å². The number of piperidine rings is 2. The molecule has 0 bridgehead atoms. The number of aryl methyl sites for hydroxylation is 1. The highest BCUT2D eigenvalue weighted by atomic mass is 32.1. The largest absolute Gasteiger partial charge is 0.351 e. The van der Waals surface area contributed by atoms with E-state index in [0.717, 1.165) is 6.54 Å². The summed E-state index contributed by atoms with van der Waals surface area (Å²) < 4.78 is 13.5. The molecule has 144 valence electrons. The van der Waals surface area contributed by atoms with Crippen LogP contribution in [-0.2, 0) is 0 Å². The number of carbonyl (C=O) groups excluding carboxylic acids is 1. The van der Waals surface area contributed by atoms with Crippen LogP contribution in [0.1, 0.15) is 47.5 Å². The zero-order valence-corrected chi connectivity index (χ0v) is 16.5. The van der Waals surface area contributed by atoms with Gasteiger partial charge in [-0.3, -0.25) is 4.79 Å². The number of fused-ring (bicyclic) bond motifs is 1. The van der Waals surface area contributed by atoms with E-state index < -0.39 is 0 Å². The lowest BCUT2D eigenvalue weighted by Gasteiger charge is -2.44. The number of thiazole rings is 1. The summed E-state index contributed by atoms with van der Waals surface area (Å²) in [6.07, 6.45) is 6.27. The smallest absolute Gasteiger partial charge is 0.263 e. The van der Waals surface area contributed by atoms with Crippen molar-refractivity contribution in [1.82, 2.24) is 15.2 Å². The van der Waals surface area contributed by atoms with E-state index in [1.165, 1.54) is 68.7 Å². The molecule has 2 fully saturated rings. The van der Waals surface area contributed by atoms with Gasteiger partial charge in [-0.2, -0.15) is 0 Å². The lowest BCUT2D eigenvalue weighted by molar-refractivity contribution is 0.0576. The molecule has 6 heteroatoms. The molecule has 4 rings (SSSR count). The van der Waals surface area contributed by atoms with Crippen LogP contribution in [0, 0.1) is 18.7 Å². The summed E-state index contributed by atoms with van der Waals surface area (Å²) in [5.74, 6) is 0.195. The highest BCUT2D eigenvalue weighted by molar-refractivity contribution is 7.17. The third-order valence-electron chi connectivity index (χ3n) is 5.83. The second-order valence-electron chi connectivity index (χ2n) is 7.66. The van der Waals surface area contributed by atoms with Crippen molar-refractivity contribution in [3.05, 3.63) is 40.7 Å². The number of aromatic nitrogens is 1. The predicted molar refractivity (Wildman–Crippen MR) is 107 cm³/mol. The van der Waals surface area contributed by atoms with Gasteiger partial charge in [-0.1, -0.05) is 18.6 Å². The zero-order valence-electron chi connectivity index (χ0n) is 15.7. The van der Waals surface area contributed by atoms with Crippen molar-refractivity contribution in [2.75, 3.05) is 19.6 Å². The summed E-state index contributed by atoms with van der Waals surface area (Å²) in [5, 5.41) is 3.84. The number of benzene rings is 1. The molecule has 27 heavy (non-hydrogen) atoms. The van der Waals surface area contributed by atoms with E-state index in [0.29, 0.717) is 33.1 Å². The summed E-state index contributed by atoms with van der Waals surface area (Å²) in [7, 11) is 0. The Morgan fingerprint density at radius 3 is 3.00 bits per heavy atom. The van der Waals surface area contributed by atoms with E-state index in [1.807, 2.05) is 13.0 Å². The molecular formula is C21H26FN3OS. The number of nitrogens with zero attached hydrogens (tertiary/aromatic N) is 2. The normalized spacial score (nSPS) is 23.0. The van der Waals surface area contributed by atoms with Gasteiger partial charge in [-0.25, -0.2) is 9.37 Å². The molecule has 2 aliphatic rings. The number of halogens is 1. The van der Waals surface area contributed by atoms with Crippen molar-refractivity contribution in [1.29, 1.82) is 0 Å². The Morgan fingerprint density at radius 2 is 2.15 bits per heavy atom. The van der Waals surface area contributed by atoms with Crippen LogP contribution < -0.4 is 5.32 Å². The highest BCUT2D eigenvalue weighted by Crippen LogP contribution is 2.31. The van der Waals surface area contributed by atoms with Gasteiger partial charge in [0.2, 0.25) is 0 Å². The van der Waals surface area contributed by atoms with Gasteiger partial charge < -0.3 is 10.2 Å². The molecule has 1 aromatic heterocycles. The van der Waals surface area contributed by atoms with Crippen LogP contribution in [0.4, 0.5) is 4.39 Å². The molecule has 3 heterocycles. The zero-order chi connectivity index (χ0) is 18.8. The summed E-state index contributed by atoms with van der Waals surface area (Å²) >= 11 is 1.34. The van der Waals surface area contributed by atoms with E-state index in [2.05, 4.69) is 15.2 Å². The molecule has 0 unspecified atom stereocenters. The van der Waals surface area contributed by atoms with Crippen LogP contribution in [-0.4, -0.2) is 41.5 Å². The maximum Gasteiger partial charge on any atom is 0.263 e. The molecule has 2 aliphatic heterocycles. The minimum atomic E-state index is -0.291. The van der Waals surface area contributed by atoms with Crippen LogP contribution >= 0.6 is 11.3 Å². The topological polar surface area (TPSA) is 45.2 Å². The van der Waals surface area contributed by atoms with Crippen molar-refractivity contribution in [2.45, 2.75) is 45.1 Å². The Labute approximate surface area is 163 Å². The first kappa shape index (κ1) is 18.6. The van der Waals surface area contributed by atoms with Crippen LogP contribution in [0.2, 0.25) is 0 Å². The molecule has 4 nitrogen and oxygen atoms in total. The second kappa shape index (κ2) is 8.07. The van der Waals surface area contributed by atoms with Crippen molar-refractivity contribution in [3.63, 3.8) is 0 Å². The third-order valence-corrected chi connectivity index (χ3v) is 7.03. The van der Waals surface area contributed by atoms with Gasteiger partial charge in [0.05, 0.1) is 5.69 Å². The number of amides is 1. The Kier molecular flexibility index (Phi) is 5.55. The summed E-state index contributed by atoms with van der Waals surface area (Å²) in [4.78, 5) is 20.5. The Hall–Kier alpha value is -1.79. The molecule has 0 aliphatic carbocycles. The van der Waals surface area contributed by atoms with Gasteiger partial charge in [0.1, 0.15) is 15.7 Å². The molecule has 1 N–H and O–H groups in total. The van der Waals surface area contributed by atoms with Gasteiger partial charge in [-0.05, 0) is 63.7 Å².